The number of nitrogens with zero attached hydrogens (tertiary/aromatic N) is 4. The molecule has 0 saturated heterocycles. The molecule has 0 aliphatic rings. The lowest BCUT2D eigenvalue weighted by molar-refractivity contribution is 1.30. The smallest absolute Gasteiger partial charge is 0.0803 e. The van der Waals surface area contributed by atoms with Crippen LogP contribution in [0.15, 0.2) is 243 Å². The van der Waals surface area contributed by atoms with Crippen molar-refractivity contribution in [2.75, 3.05) is 9.80 Å². The van der Waals surface area contributed by atoms with Gasteiger partial charge in [0.2, 0.25) is 0 Å². The van der Waals surface area contributed by atoms with Crippen LogP contribution in [-0.2, 0) is 0 Å². The van der Waals surface area contributed by atoms with Gasteiger partial charge in [-0.3, -0.25) is 0 Å². The minimum atomic E-state index is -1.93. The number of fused-ring (bicyclic) bond motifs is 12. The molecule has 15 rings (SSSR count). The number of hydrogen-bond acceptors (Lipinski definition) is 2. The van der Waals surface area contributed by atoms with Crippen molar-refractivity contribution in [1.82, 2.24) is 8.80 Å². The summed E-state index contributed by atoms with van der Waals surface area (Å²) in [7, 11) is -3.86. The third-order valence-electron chi connectivity index (χ3n) is 16.6. The van der Waals surface area contributed by atoms with Crippen LogP contribution in [0.25, 0.3) is 98.4 Å². The number of rotatable bonds is 10. The van der Waals surface area contributed by atoms with Gasteiger partial charge < -0.3 is 18.6 Å². The molecule has 0 amide bonds. The molecule has 0 unspecified atom stereocenters. The minimum Gasteiger partial charge on any atom is -0.309 e. The van der Waals surface area contributed by atoms with Crippen molar-refractivity contribution in [2.45, 2.75) is 39.3 Å². The quantitative estimate of drug-likeness (QED) is 0.127. The molecule has 0 atom stereocenters. The molecule has 0 N–H and O–H groups in total. The zero-order valence-electron chi connectivity index (χ0n) is 44.9. The topological polar surface area (TPSA) is 15.3 Å². The van der Waals surface area contributed by atoms with E-state index in [4.69, 9.17) is 0 Å². The van der Waals surface area contributed by atoms with Gasteiger partial charge in [-0.15, -0.1) is 0 Å². The number of aromatic nitrogens is 2. The van der Waals surface area contributed by atoms with Crippen molar-refractivity contribution in [3.05, 3.63) is 243 Å². The lowest BCUT2D eigenvalue weighted by Crippen LogP contribution is -2.41. The fraction of sp³-hybridized carbons (Fsp3) is 0.0833. The van der Waals surface area contributed by atoms with Crippen LogP contribution in [0.3, 0.4) is 0 Å². The summed E-state index contributed by atoms with van der Waals surface area (Å²) in [5.74, 6) is 0. The summed E-state index contributed by atoms with van der Waals surface area (Å²) in [5, 5.41) is 12.9. The van der Waals surface area contributed by atoms with Crippen molar-refractivity contribution < 1.29 is 0 Å². The molecule has 0 radical (unpaired) electrons. The fourth-order valence-corrected chi connectivity index (χ4v) is 16.4. The van der Waals surface area contributed by atoms with E-state index in [2.05, 4.69) is 301 Å². The van der Waals surface area contributed by atoms with Crippen LogP contribution in [0, 0.1) is 0 Å². The van der Waals surface area contributed by atoms with Gasteiger partial charge in [0.1, 0.15) is 0 Å². The van der Waals surface area contributed by atoms with Gasteiger partial charge in [0.05, 0.1) is 72.0 Å². The van der Waals surface area contributed by atoms with Gasteiger partial charge in [0, 0.05) is 65.6 Å². The van der Waals surface area contributed by atoms with E-state index in [0.717, 1.165) is 11.4 Å². The molecule has 6 heteroatoms. The predicted octanol–water partition coefficient (Wildman–Crippen LogP) is 19.4. The Labute approximate surface area is 457 Å². The third kappa shape index (κ3) is 6.82. The van der Waals surface area contributed by atoms with E-state index < -0.39 is 16.1 Å². The summed E-state index contributed by atoms with van der Waals surface area (Å²) in [4.78, 5) is 5.18. The van der Waals surface area contributed by atoms with Gasteiger partial charge in [-0.05, 0) is 82.2 Å². The van der Waals surface area contributed by atoms with Gasteiger partial charge >= 0.3 is 0 Å². The maximum absolute atomic E-state index is 2.59. The highest BCUT2D eigenvalue weighted by Gasteiger charge is 2.33. The summed E-state index contributed by atoms with van der Waals surface area (Å²) in [5.41, 5.74) is 19.5. The molecule has 4 aromatic heterocycles. The Morgan fingerprint density at radius 2 is 0.654 bits per heavy atom. The average molecular weight is 1040 g/mol. The van der Waals surface area contributed by atoms with Crippen LogP contribution >= 0.6 is 0 Å². The van der Waals surface area contributed by atoms with Gasteiger partial charge in [0.25, 0.3) is 0 Å². The lowest BCUT2D eigenvalue weighted by atomic mass is 9.99. The largest absolute Gasteiger partial charge is 0.309 e. The van der Waals surface area contributed by atoms with E-state index in [-0.39, 0.29) is 0 Å². The van der Waals surface area contributed by atoms with Crippen LogP contribution in [0.5, 0.6) is 0 Å². The average Bonchev–Trinajstić information content (AvgIpc) is 2.61. The number of hydrogen-bond donors (Lipinski definition) is 0. The molecule has 0 fully saturated rings. The Morgan fingerprint density at radius 3 is 1.04 bits per heavy atom. The molecule has 78 heavy (non-hydrogen) atoms. The molecule has 4 nitrogen and oxygen atoms in total. The molecule has 0 spiro atoms. The summed E-state index contributed by atoms with van der Waals surface area (Å²) >= 11 is 0. The monoisotopic (exact) mass is 1030 g/mol. The zero-order chi connectivity index (χ0) is 52.6. The first-order valence-electron chi connectivity index (χ1n) is 27.4. The third-order valence-corrected chi connectivity index (χ3v) is 20.6. The first kappa shape index (κ1) is 46.4. The summed E-state index contributed by atoms with van der Waals surface area (Å²) in [6.45, 7) is 14.9. The number of benzene rings is 11. The molecular formula is C72H58N4Si2. The Balaban J connectivity index is 1.03. The van der Waals surface area contributed by atoms with Crippen molar-refractivity contribution in [3.8, 4) is 22.3 Å². The van der Waals surface area contributed by atoms with E-state index >= 15 is 0 Å². The fourth-order valence-electron chi connectivity index (χ4n) is 13.3. The Morgan fingerprint density at radius 1 is 0.295 bits per heavy atom. The maximum atomic E-state index is 2.59. The Kier molecular flexibility index (Phi) is 10.3. The second kappa shape index (κ2) is 17.3. The molecule has 0 aliphatic carbocycles. The van der Waals surface area contributed by atoms with Crippen LogP contribution in [-0.4, -0.2) is 24.9 Å². The highest BCUT2D eigenvalue weighted by Crippen LogP contribution is 2.53. The van der Waals surface area contributed by atoms with E-state index in [0.29, 0.717) is 0 Å². The first-order valence-corrected chi connectivity index (χ1v) is 34.4. The molecule has 0 aliphatic heterocycles. The normalized spacial score (nSPS) is 12.5. The van der Waals surface area contributed by atoms with Crippen LogP contribution in [0.4, 0.5) is 34.1 Å². The summed E-state index contributed by atoms with van der Waals surface area (Å²) < 4.78 is 5.16. The van der Waals surface area contributed by atoms with Crippen molar-refractivity contribution in [3.63, 3.8) is 0 Å². The standard InChI is InChI=1S/C72H58N4Si2/c1-77(2,3)65-39-23-35-51(47-25-11-7-12-26-47)69(65)73(49-29-15-9-16-30-49)61-43-41-53-57-45-64-58(46-63(57)75-59-37-21-19-33-55(59)67(61)71(53)75)54-42-44-62(68-56-34-20-22-38-60(56)76(64)72(54)68)74(50-31-17-10-18-32-50)70-52(48-27-13-8-14-28-48)36-24-40-66(70)78(4,5)6/h7-46H,1-6H3. The van der Waals surface area contributed by atoms with Crippen molar-refractivity contribution >= 4 is 137 Å². The highest BCUT2D eigenvalue weighted by molar-refractivity contribution is 6.90. The second-order valence-corrected chi connectivity index (χ2v) is 33.4. The van der Waals surface area contributed by atoms with Crippen LogP contribution < -0.4 is 20.2 Å². The van der Waals surface area contributed by atoms with E-state index in [9.17, 15) is 0 Å². The Hall–Kier alpha value is -8.95. The van der Waals surface area contributed by atoms with Crippen molar-refractivity contribution in [2.24, 2.45) is 0 Å². The lowest BCUT2D eigenvalue weighted by Gasteiger charge is -2.34. The summed E-state index contributed by atoms with van der Waals surface area (Å²) in [6, 6.07) is 90.9. The van der Waals surface area contributed by atoms with Gasteiger partial charge in [-0.25, -0.2) is 0 Å². The van der Waals surface area contributed by atoms with Gasteiger partial charge in [-0.2, -0.15) is 0 Å². The minimum absolute atomic E-state index is 1.15. The number of para-hydroxylation sites is 6. The molecule has 0 saturated carbocycles. The van der Waals surface area contributed by atoms with Gasteiger partial charge in [0.15, 0.2) is 0 Å². The molecule has 11 aromatic carbocycles. The van der Waals surface area contributed by atoms with Crippen LogP contribution in [0.1, 0.15) is 0 Å². The van der Waals surface area contributed by atoms with Crippen LogP contribution in [0.2, 0.25) is 39.3 Å². The molecule has 0 bridgehead atoms. The molecule has 15 aromatic rings. The summed E-state index contributed by atoms with van der Waals surface area (Å²) in [6.07, 6.45) is 0. The van der Waals surface area contributed by atoms with E-state index in [1.807, 2.05) is 0 Å². The van der Waals surface area contributed by atoms with E-state index in [1.165, 1.54) is 132 Å². The highest BCUT2D eigenvalue weighted by atomic mass is 28.3. The zero-order valence-corrected chi connectivity index (χ0v) is 46.9. The first-order chi connectivity index (χ1) is 38.0. The van der Waals surface area contributed by atoms with Crippen molar-refractivity contribution in [1.29, 1.82) is 0 Å². The SMILES string of the molecule is C[Si](C)(C)c1cccc(-c2ccccc2)c1N(c1ccccc1)c1ccc2c3cc4c(cc3n3c5ccccc5c1c23)c1ccc(N(c2ccccc2)c2c(-c3ccccc3)cccc2[Si](C)(C)C)c2c3ccccc3n4c12. The molecule has 4 heterocycles. The molecule has 374 valence electrons. The maximum Gasteiger partial charge on any atom is 0.0803 e. The number of anilines is 6. The molecular weight excluding hydrogens is 977 g/mol. The van der Waals surface area contributed by atoms with E-state index in [1.54, 1.807) is 0 Å². The van der Waals surface area contributed by atoms with Gasteiger partial charge in [-0.1, -0.05) is 221 Å². The second-order valence-electron chi connectivity index (χ2n) is 23.3. The predicted molar refractivity (Wildman–Crippen MR) is 342 cm³/mol. The Bertz CT molecular complexity index is 4490.